The molecule has 4 nitrogen and oxygen atoms in total. The van der Waals surface area contributed by atoms with Gasteiger partial charge in [-0.3, -0.25) is 0 Å². The first-order valence-electron chi connectivity index (χ1n) is 6.02. The normalized spacial score (nSPS) is 11.9. The van der Waals surface area contributed by atoms with Gasteiger partial charge in [-0.15, -0.1) is 0 Å². The highest BCUT2D eigenvalue weighted by atomic mass is 16.5. The molecule has 1 rings (SSSR count). The lowest BCUT2D eigenvalue weighted by Gasteiger charge is -2.16. The van der Waals surface area contributed by atoms with Gasteiger partial charge in [-0.1, -0.05) is 20.3 Å². The van der Waals surface area contributed by atoms with Crippen molar-refractivity contribution in [2.24, 2.45) is 0 Å². The van der Waals surface area contributed by atoms with Crippen molar-refractivity contribution in [1.29, 1.82) is 0 Å². The Kier molecular flexibility index (Phi) is 5.46. The predicted molar refractivity (Wildman–Crippen MR) is 68.2 cm³/mol. The van der Waals surface area contributed by atoms with E-state index in [0.717, 1.165) is 25.1 Å². The summed E-state index contributed by atoms with van der Waals surface area (Å²) in [5, 5.41) is 3.33. The molecule has 0 spiro atoms. The van der Waals surface area contributed by atoms with E-state index in [2.05, 4.69) is 28.9 Å². The van der Waals surface area contributed by atoms with Gasteiger partial charge in [0.25, 0.3) is 0 Å². The lowest BCUT2D eigenvalue weighted by atomic mass is 10.1. The summed E-state index contributed by atoms with van der Waals surface area (Å²) < 4.78 is 4.68. The van der Waals surface area contributed by atoms with Gasteiger partial charge in [-0.05, 0) is 25.0 Å². The van der Waals surface area contributed by atoms with Gasteiger partial charge < -0.3 is 10.1 Å². The minimum absolute atomic E-state index is 0.334. The number of anilines is 1. The van der Waals surface area contributed by atoms with Gasteiger partial charge in [0.15, 0.2) is 0 Å². The molecule has 1 heterocycles. The number of aromatic nitrogens is 1. The molecule has 0 bridgehead atoms. The molecule has 0 amide bonds. The van der Waals surface area contributed by atoms with Crippen LogP contribution in [0, 0.1) is 0 Å². The quantitative estimate of drug-likeness (QED) is 0.772. The van der Waals surface area contributed by atoms with Gasteiger partial charge in [0, 0.05) is 12.2 Å². The first-order valence-corrected chi connectivity index (χ1v) is 6.02. The third-order valence-corrected chi connectivity index (χ3v) is 2.66. The van der Waals surface area contributed by atoms with E-state index in [4.69, 9.17) is 0 Å². The highest BCUT2D eigenvalue weighted by Gasteiger charge is 2.09. The van der Waals surface area contributed by atoms with Gasteiger partial charge in [0.1, 0.15) is 5.82 Å². The molecule has 0 aliphatic rings. The molecular weight excluding hydrogens is 216 g/mol. The summed E-state index contributed by atoms with van der Waals surface area (Å²) in [6.07, 6.45) is 4.88. The molecule has 0 aliphatic heterocycles. The monoisotopic (exact) mass is 236 g/mol. The number of esters is 1. The van der Waals surface area contributed by atoms with E-state index in [1.54, 1.807) is 18.3 Å². The smallest absolute Gasteiger partial charge is 0.338 e. The number of carbonyl (C=O) groups is 1. The van der Waals surface area contributed by atoms with Crippen LogP contribution < -0.4 is 5.32 Å². The Morgan fingerprint density at radius 3 is 2.88 bits per heavy atom. The number of nitrogens with one attached hydrogen (secondary N) is 1. The Morgan fingerprint density at radius 2 is 2.29 bits per heavy atom. The van der Waals surface area contributed by atoms with E-state index in [-0.39, 0.29) is 5.97 Å². The first-order chi connectivity index (χ1) is 8.21. The maximum atomic E-state index is 11.4. The summed E-state index contributed by atoms with van der Waals surface area (Å²) >= 11 is 0. The molecule has 0 aromatic carbocycles. The highest BCUT2D eigenvalue weighted by molar-refractivity contribution is 5.89. The molecule has 0 radical (unpaired) electrons. The van der Waals surface area contributed by atoms with Crippen LogP contribution in [0.25, 0.3) is 0 Å². The maximum Gasteiger partial charge on any atom is 0.338 e. The van der Waals surface area contributed by atoms with Crippen molar-refractivity contribution in [2.45, 2.75) is 39.2 Å². The van der Waals surface area contributed by atoms with E-state index < -0.39 is 0 Å². The van der Waals surface area contributed by atoms with E-state index in [9.17, 15) is 4.79 Å². The van der Waals surface area contributed by atoms with Crippen LogP contribution in [0.4, 0.5) is 5.82 Å². The third-order valence-electron chi connectivity index (χ3n) is 2.66. The van der Waals surface area contributed by atoms with Crippen LogP contribution in [0.15, 0.2) is 18.3 Å². The Bertz CT molecular complexity index is 366. The molecule has 0 saturated carbocycles. The van der Waals surface area contributed by atoms with E-state index >= 15 is 0 Å². The summed E-state index contributed by atoms with van der Waals surface area (Å²) in [7, 11) is 1.38. The van der Waals surface area contributed by atoms with Crippen molar-refractivity contribution in [2.75, 3.05) is 12.4 Å². The second kappa shape index (κ2) is 6.89. The zero-order valence-electron chi connectivity index (χ0n) is 10.7. The third kappa shape index (κ3) is 4.06. The average molecular weight is 236 g/mol. The van der Waals surface area contributed by atoms with E-state index in [1.165, 1.54) is 7.11 Å². The fourth-order valence-corrected chi connectivity index (χ4v) is 1.69. The highest BCUT2D eigenvalue weighted by Crippen LogP contribution is 2.12. The largest absolute Gasteiger partial charge is 0.465 e. The van der Waals surface area contributed by atoms with Crippen molar-refractivity contribution in [3.8, 4) is 0 Å². The van der Waals surface area contributed by atoms with Crippen molar-refractivity contribution >= 4 is 11.8 Å². The number of hydrogen-bond acceptors (Lipinski definition) is 4. The number of hydrogen-bond donors (Lipinski definition) is 1. The number of ether oxygens (including phenoxy) is 1. The predicted octanol–water partition coefficient (Wildman–Crippen LogP) is 2.86. The second-order valence-electron chi connectivity index (χ2n) is 3.96. The second-order valence-corrected chi connectivity index (χ2v) is 3.96. The SMILES string of the molecule is CCCC(CC)Nc1cc(C(=O)OC)ccn1. The van der Waals surface area contributed by atoms with Gasteiger partial charge >= 0.3 is 5.97 Å². The molecule has 1 unspecified atom stereocenters. The minimum Gasteiger partial charge on any atom is -0.465 e. The van der Waals surface area contributed by atoms with Crippen LogP contribution in [0.5, 0.6) is 0 Å². The van der Waals surface area contributed by atoms with Crippen LogP contribution in [-0.2, 0) is 4.74 Å². The molecule has 1 atom stereocenters. The van der Waals surface area contributed by atoms with Gasteiger partial charge in [0.05, 0.1) is 12.7 Å². The van der Waals surface area contributed by atoms with Crippen molar-refractivity contribution < 1.29 is 9.53 Å². The summed E-state index contributed by atoms with van der Waals surface area (Å²) in [5.74, 6) is 0.396. The molecular formula is C13H20N2O2. The molecule has 0 aliphatic carbocycles. The fraction of sp³-hybridized carbons (Fsp3) is 0.538. The molecule has 0 saturated heterocycles. The van der Waals surface area contributed by atoms with Crippen molar-refractivity contribution in [3.05, 3.63) is 23.9 Å². The number of nitrogens with zero attached hydrogens (tertiary/aromatic N) is 1. The topological polar surface area (TPSA) is 51.2 Å². The molecule has 4 heteroatoms. The van der Waals surface area contributed by atoms with Crippen LogP contribution in [0.2, 0.25) is 0 Å². The Hall–Kier alpha value is -1.58. The van der Waals surface area contributed by atoms with E-state index in [0.29, 0.717) is 11.6 Å². The lowest BCUT2D eigenvalue weighted by molar-refractivity contribution is 0.0600. The summed E-state index contributed by atoms with van der Waals surface area (Å²) in [4.78, 5) is 15.6. The Labute approximate surface area is 102 Å². The minimum atomic E-state index is -0.334. The molecule has 1 aromatic rings. The number of methoxy groups -OCH3 is 1. The molecule has 1 aromatic heterocycles. The number of carbonyl (C=O) groups excluding carboxylic acids is 1. The lowest BCUT2D eigenvalue weighted by Crippen LogP contribution is -2.19. The van der Waals surface area contributed by atoms with Crippen LogP contribution in [-0.4, -0.2) is 24.1 Å². The zero-order valence-corrected chi connectivity index (χ0v) is 10.7. The van der Waals surface area contributed by atoms with Crippen LogP contribution in [0.1, 0.15) is 43.5 Å². The standard InChI is InChI=1S/C13H20N2O2/c1-4-6-11(5-2)15-12-9-10(7-8-14-12)13(16)17-3/h7-9,11H,4-6H2,1-3H3,(H,14,15). The van der Waals surface area contributed by atoms with Gasteiger partial charge in [-0.25, -0.2) is 9.78 Å². The maximum absolute atomic E-state index is 11.4. The Morgan fingerprint density at radius 1 is 1.53 bits per heavy atom. The average Bonchev–Trinajstić information content (AvgIpc) is 2.37. The molecule has 17 heavy (non-hydrogen) atoms. The van der Waals surface area contributed by atoms with Crippen molar-refractivity contribution in [3.63, 3.8) is 0 Å². The van der Waals surface area contributed by atoms with Crippen LogP contribution in [0.3, 0.4) is 0 Å². The number of rotatable bonds is 6. The van der Waals surface area contributed by atoms with Crippen LogP contribution >= 0.6 is 0 Å². The summed E-state index contributed by atoms with van der Waals surface area (Å²) in [6.45, 7) is 4.29. The Balaban J connectivity index is 2.74. The zero-order chi connectivity index (χ0) is 12.7. The fourth-order valence-electron chi connectivity index (χ4n) is 1.69. The van der Waals surface area contributed by atoms with Gasteiger partial charge in [-0.2, -0.15) is 0 Å². The van der Waals surface area contributed by atoms with Crippen molar-refractivity contribution in [1.82, 2.24) is 4.98 Å². The van der Waals surface area contributed by atoms with E-state index in [1.807, 2.05) is 0 Å². The molecule has 1 N–H and O–H groups in total. The first kappa shape index (κ1) is 13.5. The summed E-state index contributed by atoms with van der Waals surface area (Å²) in [6, 6.07) is 3.78. The molecule has 0 fully saturated rings. The van der Waals surface area contributed by atoms with Gasteiger partial charge in [0.2, 0.25) is 0 Å². The summed E-state index contributed by atoms with van der Waals surface area (Å²) in [5.41, 5.74) is 0.524. The molecule has 94 valence electrons. The number of pyridine rings is 1.